The maximum atomic E-state index is 10.1. The van der Waals surface area contributed by atoms with E-state index in [-0.39, 0.29) is 6.54 Å². The Morgan fingerprint density at radius 1 is 1.47 bits per heavy atom. The van der Waals surface area contributed by atoms with Crippen molar-refractivity contribution in [2.75, 3.05) is 6.54 Å². The summed E-state index contributed by atoms with van der Waals surface area (Å²) in [7, 11) is 0. The first-order chi connectivity index (χ1) is 7.94. The monoisotopic (exact) mass is 233 g/mol. The topological polar surface area (TPSA) is 74.9 Å². The molecule has 0 bridgehead atoms. The Labute approximate surface area is 101 Å². The van der Waals surface area contributed by atoms with Gasteiger partial charge in [0.05, 0.1) is 16.6 Å². The quantitative estimate of drug-likeness (QED) is 0.757. The second kappa shape index (κ2) is 4.13. The number of nitrogens with one attached hydrogen (secondary N) is 1. The van der Waals surface area contributed by atoms with E-state index >= 15 is 0 Å². The molecule has 0 aliphatic heterocycles. The Balaban J connectivity index is 2.50. The zero-order valence-electron chi connectivity index (χ0n) is 10.5. The van der Waals surface area contributed by atoms with Crippen LogP contribution in [0.4, 0.5) is 0 Å². The molecule has 1 heterocycles. The molecule has 0 saturated heterocycles. The van der Waals surface area contributed by atoms with Gasteiger partial charge in [-0.15, -0.1) is 0 Å². The molecule has 0 fully saturated rings. The van der Waals surface area contributed by atoms with Crippen molar-refractivity contribution in [3.8, 4) is 0 Å². The van der Waals surface area contributed by atoms with Crippen LogP contribution in [-0.2, 0) is 5.60 Å². The van der Waals surface area contributed by atoms with E-state index < -0.39 is 5.60 Å². The van der Waals surface area contributed by atoms with Crippen LogP contribution in [0.3, 0.4) is 0 Å². The number of aromatic amines is 1. The molecule has 4 nitrogen and oxygen atoms in total. The lowest BCUT2D eigenvalue weighted by atomic mass is 9.96. The third-order valence-electron chi connectivity index (χ3n) is 3.07. The van der Waals surface area contributed by atoms with Crippen LogP contribution in [0.25, 0.3) is 11.0 Å². The van der Waals surface area contributed by atoms with Gasteiger partial charge in [0.1, 0.15) is 5.82 Å². The van der Waals surface area contributed by atoms with Gasteiger partial charge in [-0.1, -0.05) is 19.9 Å². The SMILES string of the molecule is CC(C)c1nc2ccc(C(C)(O)CN)cc2[nH]1. The van der Waals surface area contributed by atoms with Gasteiger partial charge < -0.3 is 15.8 Å². The van der Waals surface area contributed by atoms with Crippen LogP contribution in [0.5, 0.6) is 0 Å². The van der Waals surface area contributed by atoms with E-state index in [0.29, 0.717) is 5.92 Å². The summed E-state index contributed by atoms with van der Waals surface area (Å²) in [4.78, 5) is 7.76. The van der Waals surface area contributed by atoms with Gasteiger partial charge in [-0.3, -0.25) is 0 Å². The maximum Gasteiger partial charge on any atom is 0.109 e. The number of hydrogen-bond donors (Lipinski definition) is 3. The number of benzene rings is 1. The third kappa shape index (κ3) is 2.18. The normalized spacial score (nSPS) is 15.4. The van der Waals surface area contributed by atoms with Crippen molar-refractivity contribution in [2.45, 2.75) is 32.3 Å². The van der Waals surface area contributed by atoms with Crippen LogP contribution in [0, 0.1) is 0 Å². The lowest BCUT2D eigenvalue weighted by molar-refractivity contribution is 0.0669. The standard InChI is InChI=1S/C13H19N3O/c1-8(2)12-15-10-5-4-9(6-11(10)16-12)13(3,17)7-14/h4-6,8,17H,7,14H2,1-3H3,(H,15,16). The van der Waals surface area contributed by atoms with E-state index in [4.69, 9.17) is 5.73 Å². The number of nitrogens with two attached hydrogens (primary N) is 1. The Morgan fingerprint density at radius 3 is 2.76 bits per heavy atom. The summed E-state index contributed by atoms with van der Waals surface area (Å²) in [6, 6.07) is 5.71. The summed E-state index contributed by atoms with van der Waals surface area (Å²) < 4.78 is 0. The summed E-state index contributed by atoms with van der Waals surface area (Å²) >= 11 is 0. The fourth-order valence-corrected chi connectivity index (χ4v) is 1.76. The molecule has 4 heteroatoms. The van der Waals surface area contributed by atoms with E-state index in [1.807, 2.05) is 18.2 Å². The van der Waals surface area contributed by atoms with Gasteiger partial charge in [-0.05, 0) is 24.6 Å². The predicted octanol–water partition coefficient (Wildman–Crippen LogP) is 1.85. The van der Waals surface area contributed by atoms with E-state index in [1.54, 1.807) is 6.92 Å². The van der Waals surface area contributed by atoms with Crippen LogP contribution < -0.4 is 5.73 Å². The fourth-order valence-electron chi connectivity index (χ4n) is 1.76. The molecule has 0 amide bonds. The Hall–Kier alpha value is -1.39. The highest BCUT2D eigenvalue weighted by atomic mass is 16.3. The number of aromatic nitrogens is 2. The molecular weight excluding hydrogens is 214 g/mol. The van der Waals surface area contributed by atoms with Gasteiger partial charge in [0.25, 0.3) is 0 Å². The highest BCUT2D eigenvalue weighted by Gasteiger charge is 2.21. The van der Waals surface area contributed by atoms with Crippen molar-refractivity contribution in [3.63, 3.8) is 0 Å². The van der Waals surface area contributed by atoms with E-state index in [2.05, 4.69) is 23.8 Å². The molecule has 92 valence electrons. The Kier molecular flexibility index (Phi) is 2.93. The van der Waals surface area contributed by atoms with Gasteiger partial charge in [-0.2, -0.15) is 0 Å². The van der Waals surface area contributed by atoms with Gasteiger partial charge in [0.2, 0.25) is 0 Å². The molecule has 0 radical (unpaired) electrons. The summed E-state index contributed by atoms with van der Waals surface area (Å²) in [5.74, 6) is 1.32. The molecule has 0 aliphatic carbocycles. The lowest BCUT2D eigenvalue weighted by Crippen LogP contribution is -2.31. The van der Waals surface area contributed by atoms with E-state index in [0.717, 1.165) is 22.4 Å². The average Bonchev–Trinajstić information content (AvgIpc) is 2.71. The van der Waals surface area contributed by atoms with Crippen LogP contribution in [0.1, 0.15) is 38.1 Å². The molecule has 1 unspecified atom stereocenters. The summed E-state index contributed by atoms with van der Waals surface area (Å²) in [6.45, 7) is 6.10. The van der Waals surface area contributed by atoms with Crippen LogP contribution in [0.2, 0.25) is 0 Å². The van der Waals surface area contributed by atoms with Gasteiger partial charge in [-0.25, -0.2) is 4.98 Å². The number of fused-ring (bicyclic) bond motifs is 1. The first kappa shape index (κ1) is 12.1. The van der Waals surface area contributed by atoms with Crippen molar-refractivity contribution in [2.24, 2.45) is 5.73 Å². The highest BCUT2D eigenvalue weighted by Crippen LogP contribution is 2.24. The van der Waals surface area contributed by atoms with Crippen LogP contribution >= 0.6 is 0 Å². The minimum Gasteiger partial charge on any atom is -0.384 e. The molecule has 1 aromatic carbocycles. The van der Waals surface area contributed by atoms with Crippen molar-refractivity contribution in [1.82, 2.24) is 9.97 Å². The number of hydrogen-bond acceptors (Lipinski definition) is 3. The number of imidazole rings is 1. The zero-order valence-corrected chi connectivity index (χ0v) is 10.5. The first-order valence-electron chi connectivity index (χ1n) is 5.86. The second-order valence-corrected chi connectivity index (χ2v) is 4.99. The summed E-state index contributed by atoms with van der Waals surface area (Å²) in [5.41, 5.74) is 7.25. The highest BCUT2D eigenvalue weighted by molar-refractivity contribution is 5.76. The van der Waals surface area contributed by atoms with Crippen LogP contribution in [-0.4, -0.2) is 21.6 Å². The number of nitrogens with zero attached hydrogens (tertiary/aromatic N) is 1. The van der Waals surface area contributed by atoms with Crippen molar-refractivity contribution >= 4 is 11.0 Å². The van der Waals surface area contributed by atoms with Gasteiger partial charge >= 0.3 is 0 Å². The number of rotatable bonds is 3. The molecule has 0 aliphatic rings. The summed E-state index contributed by atoms with van der Waals surface area (Å²) in [5, 5.41) is 10.1. The minimum absolute atomic E-state index is 0.198. The zero-order chi connectivity index (χ0) is 12.6. The van der Waals surface area contributed by atoms with E-state index in [9.17, 15) is 5.11 Å². The van der Waals surface area contributed by atoms with Crippen LogP contribution in [0.15, 0.2) is 18.2 Å². The first-order valence-corrected chi connectivity index (χ1v) is 5.86. The lowest BCUT2D eigenvalue weighted by Gasteiger charge is -2.21. The van der Waals surface area contributed by atoms with Crippen molar-refractivity contribution in [3.05, 3.63) is 29.6 Å². The smallest absolute Gasteiger partial charge is 0.109 e. The molecule has 0 spiro atoms. The third-order valence-corrected chi connectivity index (χ3v) is 3.07. The average molecular weight is 233 g/mol. The largest absolute Gasteiger partial charge is 0.384 e. The number of aliphatic hydroxyl groups is 1. The Morgan fingerprint density at radius 2 is 2.18 bits per heavy atom. The minimum atomic E-state index is -0.989. The second-order valence-electron chi connectivity index (χ2n) is 4.99. The predicted molar refractivity (Wildman–Crippen MR) is 68.8 cm³/mol. The van der Waals surface area contributed by atoms with Crippen molar-refractivity contribution in [1.29, 1.82) is 0 Å². The van der Waals surface area contributed by atoms with E-state index in [1.165, 1.54) is 0 Å². The molecule has 17 heavy (non-hydrogen) atoms. The Bertz CT molecular complexity index is 528. The molecule has 0 saturated carbocycles. The summed E-state index contributed by atoms with van der Waals surface area (Å²) in [6.07, 6.45) is 0. The molecular formula is C13H19N3O. The molecule has 1 atom stereocenters. The van der Waals surface area contributed by atoms with Crippen molar-refractivity contribution < 1.29 is 5.11 Å². The molecule has 2 rings (SSSR count). The maximum absolute atomic E-state index is 10.1. The molecule has 1 aromatic heterocycles. The molecule has 2 aromatic rings. The van der Waals surface area contributed by atoms with Gasteiger partial charge in [0.15, 0.2) is 0 Å². The number of H-pyrrole nitrogens is 1. The molecule has 4 N–H and O–H groups in total. The van der Waals surface area contributed by atoms with Gasteiger partial charge in [0, 0.05) is 12.5 Å². The fraction of sp³-hybridized carbons (Fsp3) is 0.462.